The molecule has 0 amide bonds. The second-order valence-electron chi connectivity index (χ2n) is 4.39. The van der Waals surface area contributed by atoms with E-state index in [1.54, 1.807) is 6.07 Å². The van der Waals surface area contributed by atoms with E-state index >= 15 is 0 Å². The van der Waals surface area contributed by atoms with Gasteiger partial charge in [0.2, 0.25) is 0 Å². The zero-order chi connectivity index (χ0) is 12.4. The van der Waals surface area contributed by atoms with Crippen LogP contribution in [-0.4, -0.2) is 24.7 Å². The number of hydrogen-bond acceptors (Lipinski definition) is 4. The van der Waals surface area contributed by atoms with Crippen molar-refractivity contribution in [1.82, 2.24) is 5.32 Å². The minimum absolute atomic E-state index is 0.0434. The summed E-state index contributed by atoms with van der Waals surface area (Å²) in [5, 5.41) is 13.4. The Bertz CT molecular complexity index is 437. The third-order valence-electron chi connectivity index (χ3n) is 3.12. The SMILES string of the molecule is COC(=O)c1cc(C)cc([C@@H]2CCCN2)c1O. The number of phenols is 1. The molecule has 17 heavy (non-hydrogen) atoms. The van der Waals surface area contributed by atoms with Gasteiger partial charge in [-0.15, -0.1) is 0 Å². The quantitative estimate of drug-likeness (QED) is 0.769. The van der Waals surface area contributed by atoms with Gasteiger partial charge in [-0.25, -0.2) is 4.79 Å². The van der Waals surface area contributed by atoms with Gasteiger partial charge in [0.15, 0.2) is 0 Å². The molecule has 1 fully saturated rings. The molecule has 0 bridgehead atoms. The van der Waals surface area contributed by atoms with Crippen LogP contribution in [-0.2, 0) is 4.74 Å². The average Bonchev–Trinajstić information content (AvgIpc) is 2.84. The predicted octanol–water partition coefficient (Wildman–Crippen LogP) is 1.91. The molecule has 2 N–H and O–H groups in total. The van der Waals surface area contributed by atoms with Gasteiger partial charge in [-0.1, -0.05) is 6.07 Å². The van der Waals surface area contributed by atoms with Gasteiger partial charge in [0.05, 0.1) is 7.11 Å². The summed E-state index contributed by atoms with van der Waals surface area (Å²) in [5.41, 5.74) is 1.99. The minimum atomic E-state index is -0.495. The fourth-order valence-electron chi connectivity index (χ4n) is 2.29. The first kappa shape index (κ1) is 11.9. The minimum Gasteiger partial charge on any atom is -0.507 e. The number of methoxy groups -OCH3 is 1. The number of esters is 1. The van der Waals surface area contributed by atoms with Gasteiger partial charge in [-0.05, 0) is 37.9 Å². The summed E-state index contributed by atoms with van der Waals surface area (Å²) < 4.78 is 4.67. The Hall–Kier alpha value is -1.55. The molecule has 4 nitrogen and oxygen atoms in total. The van der Waals surface area contributed by atoms with Crippen LogP contribution in [0.15, 0.2) is 12.1 Å². The molecule has 0 radical (unpaired) electrons. The smallest absolute Gasteiger partial charge is 0.341 e. The van der Waals surface area contributed by atoms with Crippen LogP contribution in [0.4, 0.5) is 0 Å². The summed E-state index contributed by atoms with van der Waals surface area (Å²) in [6.45, 7) is 2.86. The van der Waals surface area contributed by atoms with Crippen molar-refractivity contribution in [3.8, 4) is 5.75 Å². The van der Waals surface area contributed by atoms with E-state index in [1.807, 2.05) is 13.0 Å². The lowest BCUT2D eigenvalue weighted by molar-refractivity contribution is 0.0597. The maximum atomic E-state index is 11.6. The lowest BCUT2D eigenvalue weighted by Crippen LogP contribution is -2.14. The normalized spacial score (nSPS) is 19.3. The van der Waals surface area contributed by atoms with Gasteiger partial charge >= 0.3 is 5.97 Å². The van der Waals surface area contributed by atoms with Crippen molar-refractivity contribution in [3.05, 3.63) is 28.8 Å². The maximum Gasteiger partial charge on any atom is 0.341 e. The molecular formula is C13H17NO3. The zero-order valence-corrected chi connectivity index (χ0v) is 10.1. The molecule has 1 heterocycles. The van der Waals surface area contributed by atoms with Gasteiger partial charge in [-0.2, -0.15) is 0 Å². The highest BCUT2D eigenvalue weighted by molar-refractivity contribution is 5.93. The van der Waals surface area contributed by atoms with E-state index < -0.39 is 5.97 Å². The molecule has 4 heteroatoms. The van der Waals surface area contributed by atoms with Crippen molar-refractivity contribution < 1.29 is 14.6 Å². The number of carbonyl (C=O) groups excluding carboxylic acids is 1. The number of ether oxygens (including phenoxy) is 1. The van der Waals surface area contributed by atoms with E-state index in [9.17, 15) is 9.90 Å². The number of rotatable bonds is 2. The van der Waals surface area contributed by atoms with Crippen LogP contribution >= 0.6 is 0 Å². The van der Waals surface area contributed by atoms with Crippen LogP contribution < -0.4 is 5.32 Å². The number of nitrogens with one attached hydrogen (secondary N) is 1. The Morgan fingerprint density at radius 1 is 1.53 bits per heavy atom. The molecule has 1 aromatic carbocycles. The van der Waals surface area contributed by atoms with Gasteiger partial charge in [0.1, 0.15) is 11.3 Å². The Morgan fingerprint density at radius 2 is 2.29 bits per heavy atom. The molecule has 0 spiro atoms. The summed E-state index contributed by atoms with van der Waals surface area (Å²) in [5.74, 6) is -0.452. The van der Waals surface area contributed by atoms with Crippen molar-refractivity contribution in [2.45, 2.75) is 25.8 Å². The summed E-state index contributed by atoms with van der Waals surface area (Å²) >= 11 is 0. The van der Waals surface area contributed by atoms with E-state index in [0.29, 0.717) is 0 Å². The summed E-state index contributed by atoms with van der Waals surface area (Å²) in [6.07, 6.45) is 2.07. The van der Waals surface area contributed by atoms with Crippen molar-refractivity contribution in [2.75, 3.05) is 13.7 Å². The Kier molecular flexibility index (Phi) is 3.33. The lowest BCUT2D eigenvalue weighted by atomic mass is 9.98. The number of aryl methyl sites for hydroxylation is 1. The first-order chi connectivity index (χ1) is 8.13. The Morgan fingerprint density at radius 3 is 2.88 bits per heavy atom. The monoisotopic (exact) mass is 235 g/mol. The van der Waals surface area contributed by atoms with Crippen LogP contribution in [0.2, 0.25) is 0 Å². The summed E-state index contributed by atoms with van der Waals surface area (Å²) in [6, 6.07) is 3.71. The fourth-order valence-corrected chi connectivity index (χ4v) is 2.29. The molecule has 1 aliphatic heterocycles. The van der Waals surface area contributed by atoms with Gasteiger partial charge in [-0.3, -0.25) is 0 Å². The van der Waals surface area contributed by atoms with Gasteiger partial charge in [0.25, 0.3) is 0 Å². The number of phenolic OH excluding ortho intramolecular Hbond substituents is 1. The maximum absolute atomic E-state index is 11.6. The van der Waals surface area contributed by atoms with Crippen LogP contribution in [0.5, 0.6) is 5.75 Å². The summed E-state index contributed by atoms with van der Waals surface area (Å²) in [4.78, 5) is 11.6. The molecule has 92 valence electrons. The highest BCUT2D eigenvalue weighted by Gasteiger charge is 2.23. The van der Waals surface area contributed by atoms with E-state index in [4.69, 9.17) is 0 Å². The van der Waals surface area contributed by atoms with E-state index in [2.05, 4.69) is 10.1 Å². The zero-order valence-electron chi connectivity index (χ0n) is 10.1. The van der Waals surface area contributed by atoms with E-state index in [-0.39, 0.29) is 17.4 Å². The topological polar surface area (TPSA) is 58.6 Å². The third kappa shape index (κ3) is 2.26. The number of aromatic hydroxyl groups is 1. The first-order valence-corrected chi connectivity index (χ1v) is 5.78. The van der Waals surface area contributed by atoms with Crippen molar-refractivity contribution >= 4 is 5.97 Å². The highest BCUT2D eigenvalue weighted by atomic mass is 16.5. The Balaban J connectivity index is 2.45. The van der Waals surface area contributed by atoms with Crippen molar-refractivity contribution in [2.24, 2.45) is 0 Å². The predicted molar refractivity (Wildman–Crippen MR) is 64.2 cm³/mol. The van der Waals surface area contributed by atoms with Gasteiger partial charge in [0, 0.05) is 11.6 Å². The van der Waals surface area contributed by atoms with Crippen LogP contribution in [0.25, 0.3) is 0 Å². The van der Waals surface area contributed by atoms with E-state index in [0.717, 1.165) is 30.5 Å². The fraction of sp³-hybridized carbons (Fsp3) is 0.462. The first-order valence-electron chi connectivity index (χ1n) is 5.78. The molecule has 1 saturated heterocycles. The second-order valence-corrected chi connectivity index (χ2v) is 4.39. The summed E-state index contributed by atoms with van der Waals surface area (Å²) in [7, 11) is 1.32. The van der Waals surface area contributed by atoms with Gasteiger partial charge < -0.3 is 15.2 Å². The lowest BCUT2D eigenvalue weighted by Gasteiger charge is -2.15. The number of benzene rings is 1. The third-order valence-corrected chi connectivity index (χ3v) is 3.12. The molecule has 1 atom stereocenters. The highest BCUT2D eigenvalue weighted by Crippen LogP contribution is 2.34. The molecule has 0 saturated carbocycles. The molecule has 2 rings (SSSR count). The molecular weight excluding hydrogens is 218 g/mol. The standard InChI is InChI=1S/C13H17NO3/c1-8-6-9(11-4-3-5-14-11)12(15)10(7-8)13(16)17-2/h6-7,11,14-15H,3-5H2,1-2H3/t11-/m0/s1. The molecule has 1 aliphatic rings. The number of carbonyl (C=O) groups is 1. The average molecular weight is 235 g/mol. The molecule has 0 aliphatic carbocycles. The Labute approximate surface area is 101 Å². The van der Waals surface area contributed by atoms with Crippen molar-refractivity contribution in [1.29, 1.82) is 0 Å². The van der Waals surface area contributed by atoms with Crippen LogP contribution in [0.3, 0.4) is 0 Å². The molecule has 1 aromatic rings. The molecule has 0 aromatic heterocycles. The molecule has 0 unspecified atom stereocenters. The van der Waals surface area contributed by atoms with Crippen molar-refractivity contribution in [3.63, 3.8) is 0 Å². The van der Waals surface area contributed by atoms with Crippen LogP contribution in [0, 0.1) is 6.92 Å². The largest absolute Gasteiger partial charge is 0.507 e. The van der Waals surface area contributed by atoms with E-state index in [1.165, 1.54) is 7.11 Å². The van der Waals surface area contributed by atoms with Crippen LogP contribution in [0.1, 0.15) is 40.4 Å². The number of hydrogen-bond donors (Lipinski definition) is 2. The second kappa shape index (κ2) is 4.75.